The van der Waals surface area contributed by atoms with E-state index in [-0.39, 0.29) is 18.0 Å². The predicted molar refractivity (Wildman–Crippen MR) is 110 cm³/mol. The number of rotatable bonds is 6. The first kappa shape index (κ1) is 20.7. The maximum absolute atomic E-state index is 12.1. The molecule has 1 N–H and O–H groups in total. The van der Waals surface area contributed by atoms with Crippen LogP contribution in [0.2, 0.25) is 0 Å². The summed E-state index contributed by atoms with van der Waals surface area (Å²) in [6.07, 6.45) is 6.65. The number of esters is 1. The van der Waals surface area contributed by atoms with Gasteiger partial charge in [0.15, 0.2) is 11.6 Å². The van der Waals surface area contributed by atoms with Gasteiger partial charge in [0.1, 0.15) is 5.92 Å². The largest absolute Gasteiger partial charge is 0.468 e. The van der Waals surface area contributed by atoms with Gasteiger partial charge in [-0.25, -0.2) is 0 Å². The summed E-state index contributed by atoms with van der Waals surface area (Å²) in [5.41, 5.74) is 0.384. The van der Waals surface area contributed by atoms with Crippen LogP contribution in [0.4, 0.5) is 5.82 Å². The summed E-state index contributed by atoms with van der Waals surface area (Å²) in [6.45, 7) is 8.00. The number of carbonyl (C=O) groups is 1. The van der Waals surface area contributed by atoms with Gasteiger partial charge in [-0.15, -0.1) is 0 Å². The van der Waals surface area contributed by atoms with Crippen molar-refractivity contribution in [3.8, 4) is 0 Å². The van der Waals surface area contributed by atoms with E-state index in [9.17, 15) is 9.90 Å². The zero-order chi connectivity index (χ0) is 20.6. The van der Waals surface area contributed by atoms with Crippen molar-refractivity contribution in [3.05, 3.63) is 11.8 Å². The lowest BCUT2D eigenvalue weighted by molar-refractivity contribution is -0.144. The smallest absolute Gasteiger partial charge is 0.316 e. The number of methoxy groups -OCH3 is 1. The molecule has 1 aromatic heterocycles. The van der Waals surface area contributed by atoms with Crippen LogP contribution in [0.3, 0.4) is 0 Å². The van der Waals surface area contributed by atoms with Crippen molar-refractivity contribution in [2.75, 3.05) is 38.2 Å². The minimum absolute atomic E-state index is 0.0896. The lowest BCUT2D eigenvalue weighted by Crippen LogP contribution is -2.51. The summed E-state index contributed by atoms with van der Waals surface area (Å²) < 4.78 is 10.5. The third-order valence-corrected chi connectivity index (χ3v) is 7.38. The van der Waals surface area contributed by atoms with E-state index < -0.39 is 5.92 Å². The van der Waals surface area contributed by atoms with Crippen molar-refractivity contribution in [1.82, 2.24) is 10.1 Å². The fourth-order valence-corrected chi connectivity index (χ4v) is 5.49. The Kier molecular flexibility index (Phi) is 5.89. The molecular weight excluding hydrogens is 370 g/mol. The monoisotopic (exact) mass is 405 g/mol. The number of anilines is 1. The van der Waals surface area contributed by atoms with Gasteiger partial charge in [-0.1, -0.05) is 19.0 Å². The van der Waals surface area contributed by atoms with Crippen LogP contribution < -0.4 is 4.90 Å². The molecule has 2 saturated heterocycles. The van der Waals surface area contributed by atoms with Crippen LogP contribution in [0.1, 0.15) is 64.1 Å². The molecule has 1 saturated carbocycles. The van der Waals surface area contributed by atoms with Crippen molar-refractivity contribution >= 4 is 11.8 Å². The highest BCUT2D eigenvalue weighted by Gasteiger charge is 2.54. The van der Waals surface area contributed by atoms with Crippen LogP contribution >= 0.6 is 0 Å². The van der Waals surface area contributed by atoms with Gasteiger partial charge in [-0.05, 0) is 50.4 Å². The van der Waals surface area contributed by atoms with E-state index in [0.29, 0.717) is 11.3 Å². The Hall–Kier alpha value is -1.60. The van der Waals surface area contributed by atoms with Gasteiger partial charge in [0.25, 0.3) is 0 Å². The van der Waals surface area contributed by atoms with E-state index in [2.05, 4.69) is 15.0 Å². The molecule has 162 valence electrons. The zero-order valence-electron chi connectivity index (χ0n) is 18.0. The van der Waals surface area contributed by atoms with E-state index in [1.54, 1.807) is 0 Å². The third-order valence-electron chi connectivity index (χ3n) is 7.38. The summed E-state index contributed by atoms with van der Waals surface area (Å²) in [6, 6.07) is 1.92. The van der Waals surface area contributed by atoms with E-state index in [1.807, 2.05) is 19.9 Å². The Balaban J connectivity index is 1.37. The molecule has 0 amide bonds. The van der Waals surface area contributed by atoms with Gasteiger partial charge < -0.3 is 19.3 Å². The topological polar surface area (TPSA) is 79.0 Å². The van der Waals surface area contributed by atoms with Crippen molar-refractivity contribution < 1.29 is 19.2 Å². The molecule has 1 unspecified atom stereocenters. The molecule has 1 atom stereocenters. The van der Waals surface area contributed by atoms with Gasteiger partial charge in [-0.3, -0.25) is 9.69 Å². The standard InChI is InChI=1S/C22H35N3O4/c1-15(2)20(21(27)28-3)18-14-19(23-29-18)24-10-4-16(5-11-24)22(8-9-22)25-12-6-17(26)7-13-25/h14-17,20,26H,4-13H2,1-3H3. The first-order valence-electron chi connectivity index (χ1n) is 11.2. The molecule has 7 nitrogen and oxygen atoms in total. The van der Waals surface area contributed by atoms with Crippen LogP contribution in [0, 0.1) is 11.8 Å². The van der Waals surface area contributed by atoms with Crippen LogP contribution in [0.15, 0.2) is 10.6 Å². The highest BCUT2D eigenvalue weighted by atomic mass is 16.5. The second kappa shape index (κ2) is 8.26. The number of hydrogen-bond acceptors (Lipinski definition) is 7. The molecule has 0 radical (unpaired) electrons. The molecule has 0 spiro atoms. The quantitative estimate of drug-likeness (QED) is 0.729. The number of ether oxygens (including phenoxy) is 1. The summed E-state index contributed by atoms with van der Waals surface area (Å²) in [7, 11) is 1.41. The number of piperidine rings is 2. The first-order chi connectivity index (χ1) is 13.9. The van der Waals surface area contributed by atoms with Crippen LogP contribution in [-0.2, 0) is 9.53 Å². The Labute approximate surface area is 173 Å². The normalized spacial score (nSPS) is 24.7. The zero-order valence-corrected chi connectivity index (χ0v) is 18.0. The third kappa shape index (κ3) is 4.04. The molecule has 3 heterocycles. The highest BCUT2D eigenvalue weighted by molar-refractivity contribution is 5.77. The second-order valence-corrected chi connectivity index (χ2v) is 9.42. The van der Waals surface area contributed by atoms with Crippen molar-refractivity contribution in [2.24, 2.45) is 11.8 Å². The SMILES string of the molecule is COC(=O)C(c1cc(N2CCC(C3(N4CCC(O)CC4)CC3)CC2)no1)C(C)C. The van der Waals surface area contributed by atoms with E-state index >= 15 is 0 Å². The Bertz CT molecular complexity index is 699. The van der Waals surface area contributed by atoms with Gasteiger partial charge in [0.05, 0.1) is 13.2 Å². The molecule has 7 heteroatoms. The van der Waals surface area contributed by atoms with Crippen LogP contribution in [0.5, 0.6) is 0 Å². The number of likely N-dealkylation sites (tertiary alicyclic amines) is 1. The van der Waals surface area contributed by atoms with E-state index in [4.69, 9.17) is 9.26 Å². The average Bonchev–Trinajstić information content (AvgIpc) is 3.40. The summed E-state index contributed by atoms with van der Waals surface area (Å²) >= 11 is 0. The molecule has 4 rings (SSSR count). The predicted octanol–water partition coefficient (Wildman–Crippen LogP) is 2.79. The molecular formula is C22H35N3O4. The van der Waals surface area contributed by atoms with Crippen LogP contribution in [-0.4, -0.2) is 66.1 Å². The molecule has 1 aliphatic carbocycles. The molecule has 3 fully saturated rings. The molecule has 3 aliphatic rings. The number of aromatic nitrogens is 1. The lowest BCUT2D eigenvalue weighted by atomic mass is 9.85. The number of nitrogens with zero attached hydrogens (tertiary/aromatic N) is 3. The Morgan fingerprint density at radius 3 is 2.41 bits per heavy atom. The maximum atomic E-state index is 12.1. The number of aliphatic hydroxyl groups is 1. The molecule has 1 aromatic rings. The Morgan fingerprint density at radius 2 is 1.86 bits per heavy atom. The fraction of sp³-hybridized carbons (Fsp3) is 0.818. The van der Waals surface area contributed by atoms with Gasteiger partial charge in [0, 0.05) is 37.8 Å². The Morgan fingerprint density at radius 1 is 1.21 bits per heavy atom. The summed E-state index contributed by atoms with van der Waals surface area (Å²) in [5, 5.41) is 14.1. The van der Waals surface area contributed by atoms with Gasteiger partial charge >= 0.3 is 5.97 Å². The molecule has 0 bridgehead atoms. The average molecular weight is 406 g/mol. The summed E-state index contributed by atoms with van der Waals surface area (Å²) in [4.78, 5) is 17.1. The van der Waals surface area contributed by atoms with Crippen LogP contribution in [0.25, 0.3) is 0 Å². The van der Waals surface area contributed by atoms with Crippen molar-refractivity contribution in [3.63, 3.8) is 0 Å². The lowest BCUT2D eigenvalue weighted by Gasteiger charge is -2.44. The van der Waals surface area contributed by atoms with Crippen molar-refractivity contribution in [2.45, 2.75) is 69.9 Å². The minimum Gasteiger partial charge on any atom is -0.468 e. The number of carbonyl (C=O) groups excluding carboxylic acids is 1. The molecule has 0 aromatic carbocycles. The minimum atomic E-state index is -0.414. The van der Waals surface area contributed by atoms with E-state index in [1.165, 1.54) is 20.0 Å². The van der Waals surface area contributed by atoms with Gasteiger partial charge in [0.2, 0.25) is 0 Å². The fourth-order valence-electron chi connectivity index (χ4n) is 5.49. The molecule has 29 heavy (non-hydrogen) atoms. The number of aliphatic hydroxyl groups excluding tert-OH is 1. The van der Waals surface area contributed by atoms with E-state index in [0.717, 1.165) is 63.6 Å². The second-order valence-electron chi connectivity index (χ2n) is 9.42. The number of hydrogen-bond donors (Lipinski definition) is 1. The first-order valence-corrected chi connectivity index (χ1v) is 11.2. The summed E-state index contributed by atoms with van der Waals surface area (Å²) in [5.74, 6) is 1.55. The highest BCUT2D eigenvalue weighted by Crippen LogP contribution is 2.52. The maximum Gasteiger partial charge on any atom is 0.316 e. The van der Waals surface area contributed by atoms with Gasteiger partial charge in [-0.2, -0.15) is 0 Å². The van der Waals surface area contributed by atoms with Crippen molar-refractivity contribution in [1.29, 1.82) is 0 Å². The molecule has 2 aliphatic heterocycles.